The predicted octanol–water partition coefficient (Wildman–Crippen LogP) is 3.27. The zero-order valence-electron chi connectivity index (χ0n) is 11.2. The fourth-order valence-electron chi connectivity index (χ4n) is 1.98. The standard InChI is InChI=1S/C14H20N4/c1-4-10(5-2)16-13-11-8-6-7-9-12(11)17-14(15-3)18-13/h6-10H,4-5H2,1-3H3,(H2,15,16,17,18). The van der Waals surface area contributed by atoms with Crippen LogP contribution in [0.3, 0.4) is 0 Å². The number of benzene rings is 1. The van der Waals surface area contributed by atoms with E-state index in [9.17, 15) is 0 Å². The van der Waals surface area contributed by atoms with Gasteiger partial charge in [0.2, 0.25) is 5.95 Å². The maximum Gasteiger partial charge on any atom is 0.224 e. The summed E-state index contributed by atoms with van der Waals surface area (Å²) in [4.78, 5) is 8.97. The van der Waals surface area contributed by atoms with Gasteiger partial charge in [0.1, 0.15) is 5.82 Å². The van der Waals surface area contributed by atoms with Gasteiger partial charge in [-0.3, -0.25) is 0 Å². The molecule has 0 saturated heterocycles. The second-order valence-corrected chi connectivity index (χ2v) is 4.32. The molecule has 2 aromatic rings. The molecule has 0 aliphatic heterocycles. The fraction of sp³-hybridized carbons (Fsp3) is 0.429. The summed E-state index contributed by atoms with van der Waals surface area (Å²) in [6.45, 7) is 4.37. The molecule has 0 atom stereocenters. The van der Waals surface area contributed by atoms with E-state index in [1.807, 2.05) is 25.2 Å². The van der Waals surface area contributed by atoms with Gasteiger partial charge in [-0.1, -0.05) is 26.0 Å². The van der Waals surface area contributed by atoms with Crippen molar-refractivity contribution in [2.24, 2.45) is 0 Å². The van der Waals surface area contributed by atoms with Crippen LogP contribution in [0.2, 0.25) is 0 Å². The Kier molecular flexibility index (Phi) is 3.97. The van der Waals surface area contributed by atoms with Crippen molar-refractivity contribution in [1.29, 1.82) is 0 Å². The summed E-state index contributed by atoms with van der Waals surface area (Å²) in [5.41, 5.74) is 0.963. The summed E-state index contributed by atoms with van der Waals surface area (Å²) in [5, 5.41) is 7.58. The Bertz CT molecular complexity index is 520. The summed E-state index contributed by atoms with van der Waals surface area (Å²) < 4.78 is 0. The lowest BCUT2D eigenvalue weighted by Crippen LogP contribution is -2.18. The number of fused-ring (bicyclic) bond motifs is 1. The van der Waals surface area contributed by atoms with Crippen LogP contribution in [0.4, 0.5) is 11.8 Å². The molecule has 1 heterocycles. The van der Waals surface area contributed by atoms with Crippen molar-refractivity contribution < 1.29 is 0 Å². The van der Waals surface area contributed by atoms with Crippen molar-refractivity contribution in [3.8, 4) is 0 Å². The number of hydrogen-bond donors (Lipinski definition) is 2. The molecule has 0 fully saturated rings. The van der Waals surface area contributed by atoms with E-state index < -0.39 is 0 Å². The van der Waals surface area contributed by atoms with E-state index in [4.69, 9.17) is 0 Å². The summed E-state index contributed by atoms with van der Waals surface area (Å²) in [5.74, 6) is 1.57. The van der Waals surface area contributed by atoms with Crippen LogP contribution < -0.4 is 10.6 Å². The van der Waals surface area contributed by atoms with Gasteiger partial charge < -0.3 is 10.6 Å². The molecule has 0 unspecified atom stereocenters. The highest BCUT2D eigenvalue weighted by atomic mass is 15.1. The van der Waals surface area contributed by atoms with Crippen LogP contribution in [0.5, 0.6) is 0 Å². The summed E-state index contributed by atoms with van der Waals surface area (Å²) in [6, 6.07) is 8.53. The molecular weight excluding hydrogens is 224 g/mol. The minimum atomic E-state index is 0.452. The van der Waals surface area contributed by atoms with Crippen LogP contribution in [-0.2, 0) is 0 Å². The number of anilines is 2. The van der Waals surface area contributed by atoms with Crippen molar-refractivity contribution in [2.75, 3.05) is 17.7 Å². The van der Waals surface area contributed by atoms with E-state index in [1.54, 1.807) is 0 Å². The SMILES string of the molecule is CCC(CC)Nc1nc(NC)nc2ccccc12. The van der Waals surface area contributed by atoms with E-state index >= 15 is 0 Å². The molecule has 96 valence electrons. The minimum absolute atomic E-state index is 0.452. The largest absolute Gasteiger partial charge is 0.367 e. The summed E-state index contributed by atoms with van der Waals surface area (Å²) in [6.07, 6.45) is 2.17. The molecule has 0 radical (unpaired) electrons. The molecule has 1 aromatic heterocycles. The van der Waals surface area contributed by atoms with Gasteiger partial charge in [0.15, 0.2) is 0 Å². The van der Waals surface area contributed by atoms with Gasteiger partial charge in [-0.25, -0.2) is 4.98 Å². The second kappa shape index (κ2) is 5.67. The van der Waals surface area contributed by atoms with Gasteiger partial charge in [-0.2, -0.15) is 4.98 Å². The lowest BCUT2D eigenvalue weighted by atomic mass is 10.1. The van der Waals surface area contributed by atoms with E-state index in [-0.39, 0.29) is 0 Å². The van der Waals surface area contributed by atoms with Crippen LogP contribution in [0.15, 0.2) is 24.3 Å². The monoisotopic (exact) mass is 244 g/mol. The van der Waals surface area contributed by atoms with Crippen molar-refractivity contribution >= 4 is 22.7 Å². The smallest absolute Gasteiger partial charge is 0.224 e. The lowest BCUT2D eigenvalue weighted by molar-refractivity contribution is 0.669. The highest BCUT2D eigenvalue weighted by molar-refractivity contribution is 5.90. The first-order valence-corrected chi connectivity index (χ1v) is 6.49. The number of aromatic nitrogens is 2. The minimum Gasteiger partial charge on any atom is -0.367 e. The predicted molar refractivity (Wildman–Crippen MR) is 77.1 cm³/mol. The molecule has 0 amide bonds. The number of para-hydroxylation sites is 1. The Morgan fingerprint density at radius 1 is 1.11 bits per heavy atom. The number of nitrogens with one attached hydrogen (secondary N) is 2. The number of rotatable bonds is 5. The van der Waals surface area contributed by atoms with Crippen LogP contribution in [0.25, 0.3) is 10.9 Å². The van der Waals surface area contributed by atoms with Crippen molar-refractivity contribution in [3.05, 3.63) is 24.3 Å². The molecule has 0 saturated carbocycles. The Morgan fingerprint density at radius 3 is 2.50 bits per heavy atom. The fourth-order valence-corrected chi connectivity index (χ4v) is 1.98. The van der Waals surface area contributed by atoms with Crippen molar-refractivity contribution in [3.63, 3.8) is 0 Å². The van der Waals surface area contributed by atoms with Gasteiger partial charge in [0, 0.05) is 18.5 Å². The highest BCUT2D eigenvalue weighted by Crippen LogP contribution is 2.23. The lowest BCUT2D eigenvalue weighted by Gasteiger charge is -2.17. The molecule has 4 heteroatoms. The van der Waals surface area contributed by atoms with Gasteiger partial charge in [0.25, 0.3) is 0 Å². The maximum absolute atomic E-state index is 4.52. The molecule has 2 rings (SSSR count). The third kappa shape index (κ3) is 2.53. The Hall–Kier alpha value is -1.84. The van der Waals surface area contributed by atoms with E-state index in [1.165, 1.54) is 0 Å². The molecule has 4 nitrogen and oxygen atoms in total. The van der Waals surface area contributed by atoms with Crippen molar-refractivity contribution in [2.45, 2.75) is 32.7 Å². The average molecular weight is 244 g/mol. The molecule has 0 bridgehead atoms. The van der Waals surface area contributed by atoms with Gasteiger partial charge in [0.05, 0.1) is 5.52 Å². The Morgan fingerprint density at radius 2 is 1.83 bits per heavy atom. The number of hydrogen-bond acceptors (Lipinski definition) is 4. The zero-order chi connectivity index (χ0) is 13.0. The van der Waals surface area contributed by atoms with Crippen LogP contribution in [-0.4, -0.2) is 23.1 Å². The quantitative estimate of drug-likeness (QED) is 0.847. The highest BCUT2D eigenvalue weighted by Gasteiger charge is 2.09. The summed E-state index contributed by atoms with van der Waals surface area (Å²) >= 11 is 0. The maximum atomic E-state index is 4.52. The Labute approximate surface area is 108 Å². The van der Waals surface area contributed by atoms with Crippen molar-refractivity contribution in [1.82, 2.24) is 9.97 Å². The molecule has 0 aliphatic carbocycles. The Balaban J connectivity index is 2.46. The first-order valence-electron chi connectivity index (χ1n) is 6.49. The van der Waals surface area contributed by atoms with Gasteiger partial charge in [-0.15, -0.1) is 0 Å². The molecule has 18 heavy (non-hydrogen) atoms. The van der Waals surface area contributed by atoms with Gasteiger partial charge in [-0.05, 0) is 25.0 Å². The number of nitrogens with zero attached hydrogens (tertiary/aromatic N) is 2. The zero-order valence-corrected chi connectivity index (χ0v) is 11.2. The first-order chi connectivity index (χ1) is 8.78. The average Bonchev–Trinajstić information content (AvgIpc) is 2.44. The van der Waals surface area contributed by atoms with E-state index in [0.717, 1.165) is 29.6 Å². The van der Waals surface area contributed by atoms with E-state index in [2.05, 4.69) is 40.5 Å². The molecule has 1 aromatic carbocycles. The molecular formula is C14H20N4. The normalized spacial score (nSPS) is 10.9. The molecule has 0 spiro atoms. The molecule has 0 aliphatic rings. The third-order valence-corrected chi connectivity index (χ3v) is 3.15. The third-order valence-electron chi connectivity index (χ3n) is 3.15. The molecule has 2 N–H and O–H groups in total. The van der Waals surface area contributed by atoms with E-state index in [0.29, 0.717) is 12.0 Å². The topological polar surface area (TPSA) is 49.8 Å². The first kappa shape index (κ1) is 12.6. The van der Waals surface area contributed by atoms with Crippen LogP contribution in [0.1, 0.15) is 26.7 Å². The summed E-state index contributed by atoms with van der Waals surface area (Å²) in [7, 11) is 1.84. The van der Waals surface area contributed by atoms with Crippen LogP contribution >= 0.6 is 0 Å². The van der Waals surface area contributed by atoms with Crippen LogP contribution in [0, 0.1) is 0 Å². The second-order valence-electron chi connectivity index (χ2n) is 4.32. The van der Waals surface area contributed by atoms with Gasteiger partial charge >= 0.3 is 0 Å².